The van der Waals surface area contributed by atoms with Crippen LogP contribution in [0.25, 0.3) is 0 Å². The third-order valence-electron chi connectivity index (χ3n) is 4.22. The third kappa shape index (κ3) is 2.29. The summed E-state index contributed by atoms with van der Waals surface area (Å²) in [5.41, 5.74) is 11.2. The molecule has 1 aromatic heterocycles. The van der Waals surface area contributed by atoms with Crippen molar-refractivity contribution in [1.29, 1.82) is 0 Å². The molecule has 0 bridgehead atoms. The Kier molecular flexibility index (Phi) is 3.45. The van der Waals surface area contributed by atoms with Crippen molar-refractivity contribution in [2.75, 3.05) is 0 Å². The maximum Gasteiger partial charge on any atom is 0.250 e. The summed E-state index contributed by atoms with van der Waals surface area (Å²) in [6, 6.07) is 11.6. The van der Waals surface area contributed by atoms with Gasteiger partial charge >= 0.3 is 0 Å². The molecule has 3 rings (SSSR count). The molecule has 20 heavy (non-hydrogen) atoms. The Hall–Kier alpha value is -1.87. The summed E-state index contributed by atoms with van der Waals surface area (Å²) in [5.74, 6) is 0. The second kappa shape index (κ2) is 5.25. The Labute approximate surface area is 119 Å². The molecular weight excluding hydrogens is 248 g/mol. The van der Waals surface area contributed by atoms with E-state index in [4.69, 9.17) is 5.73 Å². The second-order valence-corrected chi connectivity index (χ2v) is 5.57. The zero-order valence-electron chi connectivity index (χ0n) is 11.8. The summed E-state index contributed by atoms with van der Waals surface area (Å²) in [6.45, 7) is 2.63. The molecule has 1 unspecified atom stereocenters. The molecule has 0 amide bonds. The third-order valence-corrected chi connectivity index (χ3v) is 4.22. The molecule has 0 saturated heterocycles. The Morgan fingerprint density at radius 1 is 1.20 bits per heavy atom. The Morgan fingerprint density at radius 2 is 2.00 bits per heavy atom. The first-order chi connectivity index (χ1) is 9.66. The number of nitrogens with zero attached hydrogens (tertiary/aromatic N) is 1. The van der Waals surface area contributed by atoms with Crippen LogP contribution in [0.5, 0.6) is 0 Å². The largest absolute Gasteiger partial charge is 0.322 e. The summed E-state index contributed by atoms with van der Waals surface area (Å²) in [4.78, 5) is 12.1. The predicted octanol–water partition coefficient (Wildman–Crippen LogP) is 2.35. The Bertz CT molecular complexity index is 688. The van der Waals surface area contributed by atoms with Gasteiger partial charge in [-0.05, 0) is 42.9 Å². The van der Waals surface area contributed by atoms with E-state index in [2.05, 4.69) is 13.0 Å². The van der Waals surface area contributed by atoms with Gasteiger partial charge in [0, 0.05) is 24.3 Å². The fraction of sp³-hybridized carbons (Fsp3) is 0.353. The first-order valence-corrected chi connectivity index (χ1v) is 7.19. The molecule has 1 atom stereocenters. The van der Waals surface area contributed by atoms with E-state index in [9.17, 15) is 4.79 Å². The highest BCUT2D eigenvalue weighted by atomic mass is 16.1. The van der Waals surface area contributed by atoms with Crippen molar-refractivity contribution in [3.05, 3.63) is 69.1 Å². The fourth-order valence-electron chi connectivity index (χ4n) is 3.13. The first kappa shape index (κ1) is 13.1. The van der Waals surface area contributed by atoms with Gasteiger partial charge in [0.2, 0.25) is 0 Å². The number of rotatable bonds is 3. The van der Waals surface area contributed by atoms with Crippen LogP contribution in [0.1, 0.15) is 34.8 Å². The number of aryl methyl sites for hydroxylation is 2. The van der Waals surface area contributed by atoms with Crippen LogP contribution in [0.15, 0.2) is 41.2 Å². The van der Waals surface area contributed by atoms with E-state index >= 15 is 0 Å². The second-order valence-electron chi connectivity index (χ2n) is 5.57. The van der Waals surface area contributed by atoms with Gasteiger partial charge in [0.05, 0.1) is 0 Å². The van der Waals surface area contributed by atoms with Gasteiger partial charge in [0.1, 0.15) is 0 Å². The molecule has 0 fully saturated rings. The lowest BCUT2D eigenvalue weighted by Gasteiger charge is -2.19. The average Bonchev–Trinajstić information content (AvgIpc) is 2.91. The maximum absolute atomic E-state index is 12.1. The first-order valence-electron chi connectivity index (χ1n) is 7.19. The van der Waals surface area contributed by atoms with Crippen LogP contribution in [0, 0.1) is 6.92 Å². The fourth-order valence-corrected chi connectivity index (χ4v) is 3.13. The zero-order valence-corrected chi connectivity index (χ0v) is 11.8. The normalized spacial score (nSPS) is 15.1. The van der Waals surface area contributed by atoms with E-state index in [1.807, 2.05) is 28.8 Å². The van der Waals surface area contributed by atoms with Crippen molar-refractivity contribution in [2.45, 2.75) is 38.8 Å². The van der Waals surface area contributed by atoms with Crippen LogP contribution in [-0.2, 0) is 19.4 Å². The number of aromatic nitrogens is 1. The van der Waals surface area contributed by atoms with E-state index in [1.165, 1.54) is 16.8 Å². The molecule has 1 aliphatic rings. The summed E-state index contributed by atoms with van der Waals surface area (Å²) in [7, 11) is 0. The Balaban J connectivity index is 1.95. The number of hydrogen-bond donors (Lipinski definition) is 1. The lowest BCUT2D eigenvalue weighted by molar-refractivity contribution is 0.542. The molecule has 0 saturated carbocycles. The van der Waals surface area contributed by atoms with Gasteiger partial charge in [0.15, 0.2) is 0 Å². The molecule has 1 aromatic carbocycles. The zero-order chi connectivity index (χ0) is 14.1. The molecule has 0 spiro atoms. The van der Waals surface area contributed by atoms with E-state index in [-0.39, 0.29) is 11.6 Å². The van der Waals surface area contributed by atoms with Crippen LogP contribution in [0.4, 0.5) is 0 Å². The summed E-state index contributed by atoms with van der Waals surface area (Å²) >= 11 is 0. The van der Waals surface area contributed by atoms with Gasteiger partial charge in [-0.3, -0.25) is 4.79 Å². The lowest BCUT2D eigenvalue weighted by atomic mass is 10.0. The van der Waals surface area contributed by atoms with Crippen LogP contribution < -0.4 is 11.3 Å². The quantitative estimate of drug-likeness (QED) is 0.929. The Morgan fingerprint density at radius 3 is 2.80 bits per heavy atom. The van der Waals surface area contributed by atoms with Crippen molar-refractivity contribution < 1.29 is 0 Å². The van der Waals surface area contributed by atoms with Gasteiger partial charge in [0.25, 0.3) is 5.56 Å². The topological polar surface area (TPSA) is 48.0 Å². The minimum atomic E-state index is -0.138. The van der Waals surface area contributed by atoms with Crippen LogP contribution in [0.3, 0.4) is 0 Å². The van der Waals surface area contributed by atoms with Gasteiger partial charge in [-0.25, -0.2) is 0 Å². The average molecular weight is 268 g/mol. The molecule has 3 heteroatoms. The number of pyridine rings is 1. The van der Waals surface area contributed by atoms with E-state index in [1.54, 1.807) is 6.07 Å². The number of hydrogen-bond acceptors (Lipinski definition) is 2. The molecular formula is C17H20N2O. The summed E-state index contributed by atoms with van der Waals surface area (Å²) < 4.78 is 1.87. The van der Waals surface area contributed by atoms with E-state index in [0.29, 0.717) is 6.54 Å². The highest BCUT2D eigenvalue weighted by Gasteiger charge is 2.18. The number of nitrogens with two attached hydrogens (primary N) is 1. The van der Waals surface area contributed by atoms with Crippen molar-refractivity contribution >= 4 is 0 Å². The highest BCUT2D eigenvalue weighted by Crippen LogP contribution is 2.22. The summed E-state index contributed by atoms with van der Waals surface area (Å²) in [6.07, 6.45) is 3.21. The molecule has 2 N–H and O–H groups in total. The maximum atomic E-state index is 12.1. The minimum absolute atomic E-state index is 0.0645. The SMILES string of the molecule is Cc1ccccc1C(N)Cn1c2c(ccc1=O)CCC2. The highest BCUT2D eigenvalue weighted by molar-refractivity contribution is 5.30. The smallest absolute Gasteiger partial charge is 0.250 e. The summed E-state index contributed by atoms with van der Waals surface area (Å²) in [5, 5.41) is 0. The minimum Gasteiger partial charge on any atom is -0.322 e. The predicted molar refractivity (Wildman–Crippen MR) is 80.8 cm³/mol. The molecule has 1 heterocycles. The molecule has 3 nitrogen and oxygen atoms in total. The van der Waals surface area contributed by atoms with Crippen molar-refractivity contribution in [1.82, 2.24) is 4.57 Å². The van der Waals surface area contributed by atoms with Crippen molar-refractivity contribution in [3.63, 3.8) is 0 Å². The standard InChI is InChI=1S/C17H20N2O/c1-12-5-2-3-7-14(12)15(18)11-19-16-8-4-6-13(16)9-10-17(19)20/h2-3,5,7,9-10,15H,4,6,8,11,18H2,1H3. The molecule has 0 radical (unpaired) electrons. The molecule has 1 aliphatic carbocycles. The number of fused-ring (bicyclic) bond motifs is 1. The lowest BCUT2D eigenvalue weighted by Crippen LogP contribution is -2.29. The van der Waals surface area contributed by atoms with Crippen molar-refractivity contribution in [2.24, 2.45) is 5.73 Å². The van der Waals surface area contributed by atoms with E-state index in [0.717, 1.165) is 24.8 Å². The van der Waals surface area contributed by atoms with Gasteiger partial charge in [-0.2, -0.15) is 0 Å². The van der Waals surface area contributed by atoms with Crippen LogP contribution >= 0.6 is 0 Å². The van der Waals surface area contributed by atoms with Gasteiger partial charge in [-0.1, -0.05) is 30.3 Å². The van der Waals surface area contributed by atoms with Gasteiger partial charge < -0.3 is 10.3 Å². The molecule has 0 aliphatic heterocycles. The molecule has 2 aromatic rings. The van der Waals surface area contributed by atoms with E-state index < -0.39 is 0 Å². The molecule has 104 valence electrons. The van der Waals surface area contributed by atoms with Crippen LogP contribution in [0.2, 0.25) is 0 Å². The van der Waals surface area contributed by atoms with Crippen molar-refractivity contribution in [3.8, 4) is 0 Å². The van der Waals surface area contributed by atoms with Crippen LogP contribution in [-0.4, -0.2) is 4.57 Å². The monoisotopic (exact) mass is 268 g/mol. The number of benzene rings is 1. The van der Waals surface area contributed by atoms with Gasteiger partial charge in [-0.15, -0.1) is 0 Å².